The van der Waals surface area contributed by atoms with Gasteiger partial charge in [0.15, 0.2) is 0 Å². The van der Waals surface area contributed by atoms with E-state index in [1.54, 1.807) is 12.1 Å². The Bertz CT molecular complexity index is 637. The third-order valence-corrected chi connectivity index (χ3v) is 3.61. The Hall–Kier alpha value is -2.49. The van der Waals surface area contributed by atoms with Gasteiger partial charge in [0.2, 0.25) is 0 Å². The first kappa shape index (κ1) is 13.5. The number of nitrogens with one attached hydrogen (secondary N) is 1. The Labute approximate surface area is 123 Å². The van der Waals surface area contributed by atoms with Crippen molar-refractivity contribution in [3.05, 3.63) is 59.7 Å². The van der Waals surface area contributed by atoms with E-state index in [9.17, 15) is 4.79 Å². The van der Waals surface area contributed by atoms with Crippen LogP contribution in [0.5, 0.6) is 5.75 Å². The van der Waals surface area contributed by atoms with Crippen LogP contribution in [0.15, 0.2) is 48.5 Å². The average molecular weight is 283 g/mol. The highest BCUT2D eigenvalue weighted by molar-refractivity contribution is 5.89. The van der Waals surface area contributed by atoms with Crippen molar-refractivity contribution in [2.45, 2.75) is 12.5 Å². The number of ether oxygens (including phenoxy) is 2. The summed E-state index contributed by atoms with van der Waals surface area (Å²) in [7, 11) is 1.38. The molecular formula is C17H17NO3. The molecule has 1 aliphatic heterocycles. The highest BCUT2D eigenvalue weighted by Gasteiger charge is 2.20. The molecule has 4 heteroatoms. The molecule has 0 saturated heterocycles. The zero-order chi connectivity index (χ0) is 14.7. The summed E-state index contributed by atoms with van der Waals surface area (Å²) in [6.45, 7) is 0.703. The molecule has 1 N–H and O–H groups in total. The van der Waals surface area contributed by atoms with Gasteiger partial charge in [0.25, 0.3) is 0 Å². The van der Waals surface area contributed by atoms with E-state index in [-0.39, 0.29) is 12.0 Å². The molecule has 4 nitrogen and oxygen atoms in total. The summed E-state index contributed by atoms with van der Waals surface area (Å²) in [6.07, 6.45) is 0.912. The van der Waals surface area contributed by atoms with E-state index in [0.717, 1.165) is 17.9 Å². The fraction of sp³-hybridized carbons (Fsp3) is 0.235. The van der Waals surface area contributed by atoms with Crippen molar-refractivity contribution in [1.29, 1.82) is 0 Å². The van der Waals surface area contributed by atoms with Crippen molar-refractivity contribution in [1.82, 2.24) is 0 Å². The predicted molar refractivity (Wildman–Crippen MR) is 80.7 cm³/mol. The summed E-state index contributed by atoms with van der Waals surface area (Å²) in [4.78, 5) is 11.4. The summed E-state index contributed by atoms with van der Waals surface area (Å²) in [6, 6.07) is 15.6. The predicted octanol–water partition coefficient (Wildman–Crippen LogP) is 3.41. The van der Waals surface area contributed by atoms with Gasteiger partial charge in [-0.15, -0.1) is 0 Å². The maximum absolute atomic E-state index is 11.4. The number of benzene rings is 2. The number of fused-ring (bicyclic) bond motifs is 1. The maximum atomic E-state index is 11.4. The minimum absolute atomic E-state index is 0.221. The molecular weight excluding hydrogens is 266 g/mol. The molecule has 1 atom stereocenters. The third-order valence-electron chi connectivity index (χ3n) is 3.61. The molecule has 0 radical (unpaired) electrons. The molecule has 0 saturated carbocycles. The van der Waals surface area contributed by atoms with Gasteiger partial charge >= 0.3 is 5.97 Å². The molecule has 108 valence electrons. The van der Waals surface area contributed by atoms with Crippen LogP contribution >= 0.6 is 0 Å². The van der Waals surface area contributed by atoms with Crippen molar-refractivity contribution in [2.75, 3.05) is 19.0 Å². The van der Waals surface area contributed by atoms with Crippen molar-refractivity contribution < 1.29 is 14.3 Å². The molecule has 0 spiro atoms. The number of carbonyl (C=O) groups excluding carboxylic acids is 1. The van der Waals surface area contributed by atoms with E-state index in [0.29, 0.717) is 12.2 Å². The number of hydrogen-bond acceptors (Lipinski definition) is 4. The van der Waals surface area contributed by atoms with Crippen LogP contribution in [-0.2, 0) is 4.74 Å². The van der Waals surface area contributed by atoms with Crippen molar-refractivity contribution in [2.24, 2.45) is 0 Å². The van der Waals surface area contributed by atoms with Crippen LogP contribution in [-0.4, -0.2) is 19.7 Å². The van der Waals surface area contributed by atoms with Crippen LogP contribution in [0.2, 0.25) is 0 Å². The first-order chi connectivity index (χ1) is 10.3. The number of esters is 1. The van der Waals surface area contributed by atoms with E-state index in [4.69, 9.17) is 9.47 Å². The monoisotopic (exact) mass is 283 g/mol. The van der Waals surface area contributed by atoms with Gasteiger partial charge in [0.1, 0.15) is 5.75 Å². The first-order valence-corrected chi connectivity index (χ1v) is 6.94. The summed E-state index contributed by atoms with van der Waals surface area (Å²) < 4.78 is 10.4. The number of para-hydroxylation sites is 1. The lowest BCUT2D eigenvalue weighted by Gasteiger charge is -2.27. The van der Waals surface area contributed by atoms with Gasteiger partial charge in [0, 0.05) is 17.7 Å². The number of anilines is 1. The first-order valence-electron chi connectivity index (χ1n) is 6.94. The molecule has 0 aromatic heterocycles. The molecule has 0 aliphatic carbocycles. The van der Waals surface area contributed by atoms with E-state index in [1.165, 1.54) is 12.7 Å². The number of carbonyl (C=O) groups is 1. The number of hydrogen-bond donors (Lipinski definition) is 1. The molecule has 0 amide bonds. The van der Waals surface area contributed by atoms with Crippen LogP contribution in [0.3, 0.4) is 0 Å². The highest BCUT2D eigenvalue weighted by atomic mass is 16.5. The van der Waals surface area contributed by atoms with E-state index >= 15 is 0 Å². The Morgan fingerprint density at radius 2 is 1.95 bits per heavy atom. The van der Waals surface area contributed by atoms with E-state index < -0.39 is 0 Å². The average Bonchev–Trinajstić information content (AvgIpc) is 2.55. The van der Waals surface area contributed by atoms with Crippen molar-refractivity contribution >= 4 is 11.7 Å². The molecule has 3 rings (SSSR count). The lowest BCUT2D eigenvalue weighted by atomic mass is 10.00. The van der Waals surface area contributed by atoms with Crippen LogP contribution in [0.4, 0.5) is 5.69 Å². The molecule has 0 fully saturated rings. The van der Waals surface area contributed by atoms with Crippen molar-refractivity contribution in [3.63, 3.8) is 0 Å². The molecule has 2 aromatic carbocycles. The van der Waals surface area contributed by atoms with Crippen LogP contribution in [0.25, 0.3) is 0 Å². The smallest absolute Gasteiger partial charge is 0.337 e. The Morgan fingerprint density at radius 1 is 1.19 bits per heavy atom. The molecule has 21 heavy (non-hydrogen) atoms. The lowest BCUT2D eigenvalue weighted by Crippen LogP contribution is -2.20. The molecule has 0 bridgehead atoms. The summed E-state index contributed by atoms with van der Waals surface area (Å²) in [5.74, 6) is 0.616. The topological polar surface area (TPSA) is 47.6 Å². The molecule has 2 aromatic rings. The van der Waals surface area contributed by atoms with Crippen LogP contribution in [0, 0.1) is 0 Å². The van der Waals surface area contributed by atoms with Gasteiger partial charge in [0.05, 0.1) is 25.3 Å². The van der Waals surface area contributed by atoms with Gasteiger partial charge < -0.3 is 14.8 Å². The minimum Gasteiger partial charge on any atom is -0.493 e. The standard InChI is InChI=1S/C17H17NO3/c1-20-17(19)12-6-8-13(9-7-12)18-15-10-11-21-16-5-3-2-4-14(15)16/h2-9,15,18H,10-11H2,1H3. The Balaban J connectivity index is 1.77. The van der Waals surface area contributed by atoms with Gasteiger partial charge in [-0.2, -0.15) is 0 Å². The zero-order valence-corrected chi connectivity index (χ0v) is 11.8. The quantitative estimate of drug-likeness (QED) is 0.877. The molecule has 1 aliphatic rings. The highest BCUT2D eigenvalue weighted by Crippen LogP contribution is 2.33. The lowest BCUT2D eigenvalue weighted by molar-refractivity contribution is 0.0601. The largest absolute Gasteiger partial charge is 0.493 e. The summed E-state index contributed by atoms with van der Waals surface area (Å²) in [5.41, 5.74) is 2.69. The Kier molecular flexibility index (Phi) is 3.77. The van der Waals surface area contributed by atoms with Gasteiger partial charge in [-0.05, 0) is 30.3 Å². The zero-order valence-electron chi connectivity index (χ0n) is 11.8. The number of rotatable bonds is 3. The second-order valence-corrected chi connectivity index (χ2v) is 4.94. The summed E-state index contributed by atoms with van der Waals surface area (Å²) >= 11 is 0. The third kappa shape index (κ3) is 2.84. The normalized spacial score (nSPS) is 16.5. The fourth-order valence-electron chi connectivity index (χ4n) is 2.51. The number of methoxy groups -OCH3 is 1. The summed E-state index contributed by atoms with van der Waals surface area (Å²) in [5, 5.41) is 3.49. The second kappa shape index (κ2) is 5.87. The van der Waals surface area contributed by atoms with E-state index in [1.807, 2.05) is 30.3 Å². The molecule has 1 heterocycles. The van der Waals surface area contributed by atoms with Crippen molar-refractivity contribution in [3.8, 4) is 5.75 Å². The SMILES string of the molecule is COC(=O)c1ccc(NC2CCOc3ccccc32)cc1. The Morgan fingerprint density at radius 3 is 2.71 bits per heavy atom. The fourth-order valence-corrected chi connectivity index (χ4v) is 2.51. The van der Waals surface area contributed by atoms with E-state index in [2.05, 4.69) is 11.4 Å². The minimum atomic E-state index is -0.321. The second-order valence-electron chi connectivity index (χ2n) is 4.94. The van der Waals surface area contributed by atoms with Crippen LogP contribution in [0.1, 0.15) is 28.4 Å². The van der Waals surface area contributed by atoms with Gasteiger partial charge in [-0.1, -0.05) is 18.2 Å². The van der Waals surface area contributed by atoms with Gasteiger partial charge in [-0.25, -0.2) is 4.79 Å². The maximum Gasteiger partial charge on any atom is 0.337 e. The van der Waals surface area contributed by atoms with Gasteiger partial charge in [-0.3, -0.25) is 0 Å². The molecule has 1 unspecified atom stereocenters. The van der Waals surface area contributed by atoms with Crippen LogP contribution < -0.4 is 10.1 Å².